The minimum atomic E-state index is -6.60. The van der Waals surface area contributed by atoms with Gasteiger partial charge in [-0.3, -0.25) is 8.42 Å². The van der Waals surface area contributed by atoms with Gasteiger partial charge >= 0.3 is 31.1 Å². The first kappa shape index (κ1) is 24.3. The van der Waals surface area contributed by atoms with Crippen molar-refractivity contribution in [3.8, 4) is 0 Å². The molecule has 14 heteroatoms. The fourth-order valence-corrected chi connectivity index (χ4v) is 0. The summed E-state index contributed by atoms with van der Waals surface area (Å²) in [5, 5.41) is 0. The summed E-state index contributed by atoms with van der Waals surface area (Å²) in [6.07, 6.45) is 0. The van der Waals surface area contributed by atoms with E-state index in [1.54, 1.807) is 0 Å². The van der Waals surface area contributed by atoms with Crippen LogP contribution in [0.25, 0.3) is 0 Å². The van der Waals surface area contributed by atoms with E-state index >= 15 is 0 Å². The molecular formula is H6O11S2U. The van der Waals surface area contributed by atoms with Crippen LogP contribution in [0.5, 0.6) is 0 Å². The van der Waals surface area contributed by atoms with Crippen LogP contribution in [0.1, 0.15) is 0 Å². The monoisotopic (exact) mass is 484 g/mol. The van der Waals surface area contributed by atoms with E-state index in [1.807, 2.05) is 0 Å². The van der Waals surface area contributed by atoms with Crippen LogP contribution in [0.4, 0.5) is 0 Å². The van der Waals surface area contributed by atoms with Crippen molar-refractivity contribution in [2.45, 2.75) is 0 Å². The average molecular weight is 484 g/mol. The van der Waals surface area contributed by atoms with Gasteiger partial charge in [-0.25, -0.2) is 0 Å². The van der Waals surface area contributed by atoms with E-state index in [2.05, 4.69) is 0 Å². The Kier molecular flexibility index (Phi) is 9.30. The van der Waals surface area contributed by atoms with Crippen LogP contribution in [0.2, 0.25) is 0 Å². The molecule has 0 unspecified atom stereocenters. The molecule has 0 heterocycles. The zero-order valence-electron chi connectivity index (χ0n) is 6.05. The molecule has 0 aromatic carbocycles. The molecule has 0 aromatic heterocycles. The van der Waals surface area contributed by atoms with Crippen LogP contribution >= 0.6 is 0 Å². The van der Waals surface area contributed by atoms with Crippen LogP contribution in [-0.2, 0) is 20.4 Å². The topological polar surface area (TPSA) is 239 Å². The van der Waals surface area contributed by atoms with E-state index in [9.17, 15) is 0 Å². The minimum absolute atomic E-state index is 0. The second-order valence-electron chi connectivity index (χ2n) is 1.47. The molecule has 6 N–H and O–H groups in total. The van der Waals surface area contributed by atoms with Crippen LogP contribution in [0.15, 0.2) is 0 Å². The van der Waals surface area contributed by atoms with Gasteiger partial charge in [0.15, 0.2) is 0 Å². The molecule has 0 atom stereocenters. The smallest absolute Gasteiger partial charge is 0.760 e. The molecule has 0 rings (SSSR count). The zero-order chi connectivity index (χ0) is 10.9. The number of rotatable bonds is 0. The van der Waals surface area contributed by atoms with Gasteiger partial charge in [-0.05, 0) is 20.4 Å². The average Bonchev–Trinajstić information content (AvgIpc) is 1.02. The van der Waals surface area contributed by atoms with Gasteiger partial charge in [-0.2, -0.15) is 0 Å². The molecule has 0 amide bonds. The number of hydrogen-bond acceptors (Lipinski definition) is 6. The van der Waals surface area contributed by atoms with Crippen LogP contribution in [0, 0.1) is 31.1 Å². The molecule has 0 saturated carbocycles. The summed E-state index contributed by atoms with van der Waals surface area (Å²) >= 11 is 0. The Balaban J connectivity index is -0.0000000625. The van der Waals surface area contributed by atoms with Gasteiger partial charge in [0, 0.05) is 0 Å². The van der Waals surface area contributed by atoms with Crippen LogP contribution in [0.3, 0.4) is 0 Å². The van der Waals surface area contributed by atoms with Crippen molar-refractivity contribution in [1.29, 1.82) is 0 Å². The minimum Gasteiger partial charge on any atom is -0.760 e. The normalized spacial score (nSPS) is 16.3. The van der Waals surface area contributed by atoms with Gasteiger partial charge in [-0.1, -0.05) is 0 Å². The molecule has 0 spiro atoms. The van der Waals surface area contributed by atoms with Crippen LogP contribution < -0.4 is 0 Å². The standard InChI is InChI=1S/2H4O5S.H2O.U/c2*1-6(2,3,4)5;;/h2*(H4,1,2,3,4,5);1H2;/q;;;+4/p-4. The molecule has 0 radical (unpaired) electrons. The van der Waals surface area contributed by atoms with Gasteiger partial charge in [0.1, 0.15) is 0 Å². The Hall–Kier alpha value is 0.992. The van der Waals surface area contributed by atoms with Crippen molar-refractivity contribution >= 4 is 20.4 Å². The summed E-state index contributed by atoms with van der Waals surface area (Å²) in [4.78, 5) is 0. The van der Waals surface area contributed by atoms with Crippen LogP contribution in [-0.4, -0.2) is 50.3 Å². The van der Waals surface area contributed by atoms with E-state index in [-0.39, 0.29) is 36.6 Å². The largest absolute Gasteiger partial charge is 4.00 e. The molecule has 0 saturated heterocycles. The molecule has 0 aliphatic heterocycles. The van der Waals surface area contributed by atoms with Crippen molar-refractivity contribution in [1.82, 2.24) is 0 Å². The van der Waals surface area contributed by atoms with E-state index in [0.717, 1.165) is 0 Å². The zero-order valence-corrected chi connectivity index (χ0v) is 11.9. The second-order valence-corrected chi connectivity index (χ2v) is 4.40. The third kappa shape index (κ3) is 1900. The van der Waals surface area contributed by atoms with Gasteiger partial charge in [0.05, 0.1) is 0 Å². The third-order valence-corrected chi connectivity index (χ3v) is 0. The maximum absolute atomic E-state index is 8.79. The maximum atomic E-state index is 8.79. The fourth-order valence-electron chi connectivity index (χ4n) is 0. The van der Waals surface area contributed by atoms with E-state index < -0.39 is 20.4 Å². The molecule has 0 aromatic rings. The molecule has 0 aliphatic carbocycles. The van der Waals surface area contributed by atoms with E-state index in [0.29, 0.717) is 0 Å². The summed E-state index contributed by atoms with van der Waals surface area (Å²) < 4.78 is 80.7. The Morgan fingerprint density at radius 3 is 0.714 bits per heavy atom. The van der Waals surface area contributed by atoms with E-state index in [4.69, 9.17) is 44.8 Å². The van der Waals surface area contributed by atoms with Crippen molar-refractivity contribution in [2.75, 3.05) is 0 Å². The predicted octanol–water partition coefficient (Wildman–Crippen LogP) is -2.80. The molecule has 11 nitrogen and oxygen atoms in total. The van der Waals surface area contributed by atoms with Gasteiger partial charge in [0.2, 0.25) is 0 Å². The second kappa shape index (κ2) is 5.36. The quantitative estimate of drug-likeness (QED) is 0.275. The summed E-state index contributed by atoms with van der Waals surface area (Å²) in [6.45, 7) is 0. The van der Waals surface area contributed by atoms with Gasteiger partial charge in [0.25, 0.3) is 0 Å². The molecule has 14 heavy (non-hydrogen) atoms. The predicted molar refractivity (Wildman–Crippen MR) is 33.5 cm³/mol. The third-order valence-electron chi connectivity index (χ3n) is 0. The van der Waals surface area contributed by atoms with E-state index in [1.165, 1.54) is 0 Å². The first-order valence-electron chi connectivity index (χ1n) is 1.73. The fraction of sp³-hybridized carbons (Fsp3) is 0. The Labute approximate surface area is 101 Å². The summed E-state index contributed by atoms with van der Waals surface area (Å²) in [6, 6.07) is 0. The summed E-state index contributed by atoms with van der Waals surface area (Å²) in [5.74, 6) is 0. The first-order valence-corrected chi connectivity index (χ1v) is 5.19. The SMILES string of the molecule is O.O=S([O-])([O-])(O)O.O=S([O-])([O-])(O)O.[U+4]. The number of hydrogen-bond donors (Lipinski definition) is 4. The molecule has 0 aliphatic rings. The van der Waals surface area contributed by atoms with Crippen molar-refractivity contribution in [3.05, 3.63) is 0 Å². The van der Waals surface area contributed by atoms with Gasteiger partial charge in [-0.15, -0.1) is 0 Å². The Morgan fingerprint density at radius 1 is 0.714 bits per heavy atom. The Bertz CT molecular complexity index is 199. The molecule has 0 fully saturated rings. The molecule has 88 valence electrons. The van der Waals surface area contributed by atoms with Crippen molar-refractivity contribution in [2.24, 2.45) is 0 Å². The van der Waals surface area contributed by atoms with Gasteiger partial charge < -0.3 is 41.9 Å². The summed E-state index contributed by atoms with van der Waals surface area (Å²) in [5.41, 5.74) is 0. The maximum Gasteiger partial charge on any atom is 4.00 e. The summed E-state index contributed by atoms with van der Waals surface area (Å²) in [7, 11) is -13.2. The molecular weight excluding hydrogens is 478 g/mol. The first-order chi connectivity index (χ1) is 4.47. The van der Waals surface area contributed by atoms with Crippen molar-refractivity contribution < 1.29 is 81.4 Å². The molecule has 0 bridgehead atoms. The Morgan fingerprint density at radius 2 is 0.714 bits per heavy atom. The van der Waals surface area contributed by atoms with Crippen molar-refractivity contribution in [3.63, 3.8) is 0 Å².